The second kappa shape index (κ2) is 8.04. The first-order valence-corrected chi connectivity index (χ1v) is 9.68. The van der Waals surface area contributed by atoms with E-state index in [2.05, 4.69) is 9.88 Å². The Balaban J connectivity index is 1.40. The van der Waals surface area contributed by atoms with Gasteiger partial charge >= 0.3 is 0 Å². The number of fused-ring (bicyclic) bond motifs is 1. The van der Waals surface area contributed by atoms with Crippen LogP contribution in [-0.2, 0) is 16.0 Å². The van der Waals surface area contributed by atoms with E-state index in [4.69, 9.17) is 9.47 Å². The molecule has 2 fully saturated rings. The van der Waals surface area contributed by atoms with Crippen LogP contribution in [0.5, 0.6) is 0 Å². The van der Waals surface area contributed by atoms with Gasteiger partial charge in [-0.15, -0.1) is 0 Å². The van der Waals surface area contributed by atoms with Gasteiger partial charge in [-0.3, -0.25) is 9.36 Å². The standard InChI is InChI=1S/C20H26FN3O3/c1-14-22-19-10-16(21)2-3-18(19)20(25)24(14)11-15-4-6-23(7-5-15)12-17-13-26-8-9-27-17/h2-3,10,15,17H,4-9,11-13H2,1H3. The molecule has 6 nitrogen and oxygen atoms in total. The zero-order valence-corrected chi connectivity index (χ0v) is 15.7. The van der Waals surface area contributed by atoms with E-state index in [1.165, 1.54) is 18.2 Å². The van der Waals surface area contributed by atoms with Crippen molar-refractivity contribution in [2.45, 2.75) is 32.4 Å². The van der Waals surface area contributed by atoms with Crippen LogP contribution in [0, 0.1) is 18.7 Å². The first-order valence-electron chi connectivity index (χ1n) is 9.68. The van der Waals surface area contributed by atoms with Crippen molar-refractivity contribution in [2.75, 3.05) is 39.5 Å². The summed E-state index contributed by atoms with van der Waals surface area (Å²) in [4.78, 5) is 19.7. The zero-order valence-electron chi connectivity index (χ0n) is 15.7. The number of rotatable bonds is 4. The largest absolute Gasteiger partial charge is 0.376 e. The first kappa shape index (κ1) is 18.5. The molecule has 1 atom stereocenters. The highest BCUT2D eigenvalue weighted by Gasteiger charge is 2.24. The van der Waals surface area contributed by atoms with Crippen LogP contribution in [0.3, 0.4) is 0 Å². The SMILES string of the molecule is Cc1nc2cc(F)ccc2c(=O)n1CC1CCN(CC2COCCO2)CC1. The number of piperidine rings is 1. The van der Waals surface area contributed by atoms with Gasteiger partial charge < -0.3 is 14.4 Å². The molecular weight excluding hydrogens is 349 g/mol. The van der Waals surface area contributed by atoms with Gasteiger partial charge in [0.2, 0.25) is 0 Å². The minimum Gasteiger partial charge on any atom is -0.376 e. The topological polar surface area (TPSA) is 56.6 Å². The van der Waals surface area contributed by atoms with E-state index >= 15 is 0 Å². The Bertz CT molecular complexity index is 855. The van der Waals surface area contributed by atoms with Crippen LogP contribution in [0.1, 0.15) is 18.7 Å². The highest BCUT2D eigenvalue weighted by Crippen LogP contribution is 2.20. The van der Waals surface area contributed by atoms with Gasteiger partial charge in [-0.25, -0.2) is 9.37 Å². The Hall–Kier alpha value is -1.83. The molecule has 0 spiro atoms. The second-order valence-corrected chi connectivity index (χ2v) is 7.55. The van der Waals surface area contributed by atoms with E-state index in [1.807, 2.05) is 6.92 Å². The van der Waals surface area contributed by atoms with Crippen molar-refractivity contribution in [2.24, 2.45) is 5.92 Å². The van der Waals surface area contributed by atoms with E-state index in [0.717, 1.165) is 32.5 Å². The second-order valence-electron chi connectivity index (χ2n) is 7.55. The number of hydrogen-bond donors (Lipinski definition) is 0. The molecule has 27 heavy (non-hydrogen) atoms. The van der Waals surface area contributed by atoms with Gasteiger partial charge in [0.1, 0.15) is 11.6 Å². The molecule has 0 saturated carbocycles. The maximum atomic E-state index is 13.4. The maximum Gasteiger partial charge on any atom is 0.261 e. The Kier molecular flexibility index (Phi) is 5.52. The van der Waals surface area contributed by atoms with E-state index in [9.17, 15) is 9.18 Å². The molecule has 1 aromatic carbocycles. The fourth-order valence-electron chi connectivity index (χ4n) is 4.06. The molecule has 0 bridgehead atoms. The molecule has 2 saturated heterocycles. The lowest BCUT2D eigenvalue weighted by atomic mass is 9.96. The van der Waals surface area contributed by atoms with Crippen LogP contribution in [0.25, 0.3) is 10.9 Å². The van der Waals surface area contributed by atoms with Crippen LogP contribution in [-0.4, -0.2) is 60.0 Å². The minimum atomic E-state index is -0.369. The molecule has 0 aliphatic carbocycles. The molecule has 2 aliphatic rings. The normalized spacial score (nSPS) is 22.4. The van der Waals surface area contributed by atoms with Crippen molar-refractivity contribution in [3.63, 3.8) is 0 Å². The van der Waals surface area contributed by atoms with E-state index in [-0.39, 0.29) is 17.5 Å². The molecule has 2 aliphatic heterocycles. The fraction of sp³-hybridized carbons (Fsp3) is 0.600. The summed E-state index contributed by atoms with van der Waals surface area (Å²) < 4.78 is 26.4. The average molecular weight is 375 g/mol. The van der Waals surface area contributed by atoms with Gasteiger partial charge in [-0.2, -0.15) is 0 Å². The molecule has 3 heterocycles. The third-order valence-electron chi connectivity index (χ3n) is 5.60. The number of halogens is 1. The Labute approximate surface area is 157 Å². The molecule has 1 aromatic heterocycles. The highest BCUT2D eigenvalue weighted by atomic mass is 19.1. The predicted molar refractivity (Wildman–Crippen MR) is 100 cm³/mol. The van der Waals surface area contributed by atoms with Gasteiger partial charge in [0.15, 0.2) is 0 Å². The average Bonchev–Trinajstić information content (AvgIpc) is 2.67. The predicted octanol–water partition coefficient (Wildman–Crippen LogP) is 1.97. The van der Waals surface area contributed by atoms with Gasteiger partial charge in [-0.1, -0.05) is 0 Å². The summed E-state index contributed by atoms with van der Waals surface area (Å²) in [5.41, 5.74) is 0.353. The van der Waals surface area contributed by atoms with E-state index in [0.29, 0.717) is 49.0 Å². The van der Waals surface area contributed by atoms with Crippen LogP contribution in [0.4, 0.5) is 4.39 Å². The number of nitrogens with zero attached hydrogens (tertiary/aromatic N) is 3. The highest BCUT2D eigenvalue weighted by molar-refractivity contribution is 5.77. The lowest BCUT2D eigenvalue weighted by molar-refractivity contribution is -0.0994. The molecule has 0 radical (unpaired) electrons. The number of likely N-dealkylation sites (tertiary alicyclic amines) is 1. The maximum absolute atomic E-state index is 13.4. The van der Waals surface area contributed by atoms with Crippen molar-refractivity contribution in [3.05, 3.63) is 40.2 Å². The van der Waals surface area contributed by atoms with Crippen LogP contribution >= 0.6 is 0 Å². The lowest BCUT2D eigenvalue weighted by Gasteiger charge is -2.35. The van der Waals surface area contributed by atoms with Gasteiger partial charge in [0, 0.05) is 19.2 Å². The quantitative estimate of drug-likeness (QED) is 0.818. The monoisotopic (exact) mass is 375 g/mol. The number of aromatic nitrogens is 2. The molecule has 2 aromatic rings. The van der Waals surface area contributed by atoms with Crippen molar-refractivity contribution in [1.82, 2.24) is 14.5 Å². The van der Waals surface area contributed by atoms with Crippen LogP contribution < -0.4 is 5.56 Å². The molecular formula is C20H26FN3O3. The molecule has 0 N–H and O–H groups in total. The van der Waals surface area contributed by atoms with Crippen molar-refractivity contribution in [3.8, 4) is 0 Å². The van der Waals surface area contributed by atoms with E-state index < -0.39 is 0 Å². The van der Waals surface area contributed by atoms with Gasteiger partial charge in [0.05, 0.1) is 36.8 Å². The zero-order chi connectivity index (χ0) is 18.8. The number of aryl methyl sites for hydroxylation is 1. The Morgan fingerprint density at radius 3 is 2.78 bits per heavy atom. The number of hydrogen-bond acceptors (Lipinski definition) is 5. The summed E-state index contributed by atoms with van der Waals surface area (Å²) in [5, 5.41) is 0.480. The van der Waals surface area contributed by atoms with Crippen molar-refractivity contribution < 1.29 is 13.9 Å². The Morgan fingerprint density at radius 1 is 1.22 bits per heavy atom. The summed E-state index contributed by atoms with van der Waals surface area (Å²) in [6, 6.07) is 4.18. The van der Waals surface area contributed by atoms with Gasteiger partial charge in [0.25, 0.3) is 5.56 Å². The fourth-order valence-corrected chi connectivity index (χ4v) is 4.06. The van der Waals surface area contributed by atoms with Crippen LogP contribution in [0.15, 0.2) is 23.0 Å². The summed E-state index contributed by atoms with van der Waals surface area (Å²) in [5.74, 6) is 0.723. The minimum absolute atomic E-state index is 0.0762. The molecule has 146 valence electrons. The third kappa shape index (κ3) is 4.20. The Morgan fingerprint density at radius 2 is 2.04 bits per heavy atom. The molecule has 4 rings (SSSR count). The first-order chi connectivity index (χ1) is 13.1. The summed E-state index contributed by atoms with van der Waals surface area (Å²) in [6.07, 6.45) is 2.26. The third-order valence-corrected chi connectivity index (χ3v) is 5.60. The van der Waals surface area contributed by atoms with E-state index in [1.54, 1.807) is 4.57 Å². The lowest BCUT2D eigenvalue weighted by Crippen LogP contribution is -2.44. The smallest absolute Gasteiger partial charge is 0.261 e. The molecule has 0 amide bonds. The molecule has 7 heteroatoms. The van der Waals surface area contributed by atoms with Crippen molar-refractivity contribution in [1.29, 1.82) is 0 Å². The summed E-state index contributed by atoms with van der Waals surface area (Å²) in [6.45, 7) is 7.46. The number of ether oxygens (including phenoxy) is 2. The van der Waals surface area contributed by atoms with Crippen molar-refractivity contribution >= 4 is 10.9 Å². The summed E-state index contributed by atoms with van der Waals surface area (Å²) >= 11 is 0. The summed E-state index contributed by atoms with van der Waals surface area (Å²) in [7, 11) is 0. The van der Waals surface area contributed by atoms with Crippen LogP contribution in [0.2, 0.25) is 0 Å². The van der Waals surface area contributed by atoms with Gasteiger partial charge in [-0.05, 0) is 50.9 Å². The molecule has 1 unspecified atom stereocenters. The number of benzene rings is 1.